The second-order valence-electron chi connectivity index (χ2n) is 4.35. The van der Waals surface area contributed by atoms with E-state index >= 15 is 0 Å². The molecule has 1 unspecified atom stereocenters. The lowest BCUT2D eigenvalue weighted by atomic mass is 10.2. The predicted molar refractivity (Wildman–Crippen MR) is 68.0 cm³/mol. The molecule has 0 aromatic carbocycles. The Labute approximate surface area is 109 Å². The molecule has 18 heavy (non-hydrogen) atoms. The summed E-state index contributed by atoms with van der Waals surface area (Å²) in [5.41, 5.74) is -0.692. The monoisotopic (exact) mass is 276 g/mol. The summed E-state index contributed by atoms with van der Waals surface area (Å²) in [6, 6.07) is 2.90. The molecule has 0 N–H and O–H groups in total. The second kappa shape index (κ2) is 5.38. The number of pyridine rings is 1. The van der Waals surface area contributed by atoms with Crippen LogP contribution in [0.25, 0.3) is 0 Å². The molecule has 1 aliphatic heterocycles. The van der Waals surface area contributed by atoms with Crippen molar-refractivity contribution in [1.29, 1.82) is 0 Å². The SMILES string of the molecule is CC1CCSCCN1c1ccc(C(F)(F)F)cn1. The third kappa shape index (κ3) is 3.10. The molecule has 100 valence electrons. The van der Waals surface area contributed by atoms with Crippen LogP contribution in [0, 0.1) is 0 Å². The van der Waals surface area contributed by atoms with Gasteiger partial charge in [0.25, 0.3) is 0 Å². The smallest absolute Gasteiger partial charge is 0.353 e. The van der Waals surface area contributed by atoms with Crippen LogP contribution in [-0.4, -0.2) is 29.1 Å². The molecule has 0 bridgehead atoms. The molecule has 0 aliphatic carbocycles. The lowest BCUT2D eigenvalue weighted by molar-refractivity contribution is -0.137. The molecule has 2 rings (SSSR count). The molecular formula is C12H15F3N2S. The standard InChI is InChI=1S/C12H15F3N2S/c1-9-4-6-18-7-5-17(9)11-3-2-10(8-16-11)12(13,14)15/h2-3,8-9H,4-7H2,1H3. The van der Waals surface area contributed by atoms with E-state index in [2.05, 4.69) is 16.8 Å². The zero-order valence-electron chi connectivity index (χ0n) is 10.1. The Balaban J connectivity index is 2.17. The van der Waals surface area contributed by atoms with Crippen LogP contribution in [-0.2, 0) is 6.18 Å². The maximum Gasteiger partial charge on any atom is 0.417 e. The summed E-state index contributed by atoms with van der Waals surface area (Å²) in [6.07, 6.45) is -2.36. The van der Waals surface area contributed by atoms with Crippen LogP contribution in [0.15, 0.2) is 18.3 Å². The first-order chi connectivity index (χ1) is 8.48. The van der Waals surface area contributed by atoms with E-state index < -0.39 is 11.7 Å². The van der Waals surface area contributed by atoms with Gasteiger partial charge in [0.2, 0.25) is 0 Å². The number of anilines is 1. The Hall–Kier alpha value is -0.910. The largest absolute Gasteiger partial charge is 0.417 e. The highest BCUT2D eigenvalue weighted by molar-refractivity contribution is 7.99. The van der Waals surface area contributed by atoms with Gasteiger partial charge in [0.15, 0.2) is 0 Å². The summed E-state index contributed by atoms with van der Waals surface area (Å²) in [7, 11) is 0. The van der Waals surface area contributed by atoms with Crippen molar-refractivity contribution < 1.29 is 13.2 Å². The molecule has 0 spiro atoms. The Morgan fingerprint density at radius 1 is 1.33 bits per heavy atom. The molecule has 2 heterocycles. The van der Waals surface area contributed by atoms with Gasteiger partial charge >= 0.3 is 6.18 Å². The zero-order valence-corrected chi connectivity index (χ0v) is 10.9. The van der Waals surface area contributed by atoms with Crippen molar-refractivity contribution in [2.24, 2.45) is 0 Å². The predicted octanol–water partition coefficient (Wildman–Crippen LogP) is 3.43. The highest BCUT2D eigenvalue weighted by atomic mass is 32.2. The molecule has 6 heteroatoms. The molecule has 0 radical (unpaired) electrons. The van der Waals surface area contributed by atoms with E-state index in [0.717, 1.165) is 36.7 Å². The van der Waals surface area contributed by atoms with Crippen LogP contribution in [0.2, 0.25) is 0 Å². The minimum Gasteiger partial charge on any atom is -0.353 e. The number of aromatic nitrogens is 1. The number of halogens is 3. The van der Waals surface area contributed by atoms with Crippen LogP contribution < -0.4 is 4.90 Å². The number of nitrogens with zero attached hydrogens (tertiary/aromatic N) is 2. The maximum absolute atomic E-state index is 12.4. The van der Waals surface area contributed by atoms with Gasteiger partial charge in [-0.1, -0.05) is 0 Å². The van der Waals surface area contributed by atoms with Gasteiger partial charge < -0.3 is 4.90 Å². The van der Waals surface area contributed by atoms with Crippen LogP contribution in [0.3, 0.4) is 0 Å². The fourth-order valence-corrected chi connectivity index (χ4v) is 3.00. The summed E-state index contributed by atoms with van der Waals surface area (Å²) >= 11 is 1.88. The average Bonchev–Trinajstić information content (AvgIpc) is 2.53. The molecule has 1 atom stereocenters. The minimum atomic E-state index is -4.31. The molecule has 1 aromatic heterocycles. The summed E-state index contributed by atoms with van der Waals surface area (Å²) in [4.78, 5) is 6.04. The van der Waals surface area contributed by atoms with Gasteiger partial charge in [-0.25, -0.2) is 4.98 Å². The number of hydrogen-bond acceptors (Lipinski definition) is 3. The van der Waals surface area contributed by atoms with E-state index in [9.17, 15) is 13.2 Å². The van der Waals surface area contributed by atoms with Crippen molar-refractivity contribution in [1.82, 2.24) is 4.98 Å². The van der Waals surface area contributed by atoms with Gasteiger partial charge in [-0.2, -0.15) is 24.9 Å². The normalized spacial score (nSPS) is 21.8. The molecule has 2 nitrogen and oxygen atoms in total. The van der Waals surface area contributed by atoms with E-state index in [4.69, 9.17) is 0 Å². The molecule has 1 aromatic rings. The van der Waals surface area contributed by atoms with Gasteiger partial charge in [0.05, 0.1) is 5.56 Å². The third-order valence-electron chi connectivity index (χ3n) is 3.06. The van der Waals surface area contributed by atoms with E-state index in [1.807, 2.05) is 11.8 Å². The molecule has 1 saturated heterocycles. The van der Waals surface area contributed by atoms with Crippen molar-refractivity contribution in [3.05, 3.63) is 23.9 Å². The van der Waals surface area contributed by atoms with Gasteiger partial charge in [-0.05, 0) is 31.2 Å². The van der Waals surface area contributed by atoms with E-state index in [1.54, 1.807) is 0 Å². The first-order valence-electron chi connectivity index (χ1n) is 5.86. The maximum atomic E-state index is 12.4. The molecule has 0 saturated carbocycles. The number of hydrogen-bond donors (Lipinski definition) is 0. The molecular weight excluding hydrogens is 261 g/mol. The van der Waals surface area contributed by atoms with Gasteiger partial charge in [0, 0.05) is 24.5 Å². The van der Waals surface area contributed by atoms with E-state index in [0.29, 0.717) is 11.9 Å². The summed E-state index contributed by atoms with van der Waals surface area (Å²) in [5.74, 6) is 2.73. The second-order valence-corrected chi connectivity index (χ2v) is 5.57. The molecule has 1 aliphatic rings. The first kappa shape index (κ1) is 13.5. The van der Waals surface area contributed by atoms with Crippen LogP contribution in [0.4, 0.5) is 19.0 Å². The van der Waals surface area contributed by atoms with Crippen LogP contribution in [0.5, 0.6) is 0 Å². The van der Waals surface area contributed by atoms with Crippen LogP contribution in [0.1, 0.15) is 18.9 Å². The Morgan fingerprint density at radius 3 is 2.72 bits per heavy atom. The number of rotatable bonds is 1. The topological polar surface area (TPSA) is 16.1 Å². The summed E-state index contributed by atoms with van der Waals surface area (Å²) in [5, 5.41) is 0. The minimum absolute atomic E-state index is 0.323. The Morgan fingerprint density at radius 2 is 2.11 bits per heavy atom. The number of thioether (sulfide) groups is 1. The lowest BCUT2D eigenvalue weighted by Gasteiger charge is -2.28. The first-order valence-corrected chi connectivity index (χ1v) is 7.01. The highest BCUT2D eigenvalue weighted by Gasteiger charge is 2.31. The van der Waals surface area contributed by atoms with E-state index in [1.165, 1.54) is 6.07 Å². The Bertz CT molecular complexity index is 391. The fourth-order valence-electron chi connectivity index (χ4n) is 1.96. The molecule has 1 fully saturated rings. The Kier molecular flexibility index (Phi) is 4.04. The van der Waals surface area contributed by atoms with Crippen molar-refractivity contribution in [3.8, 4) is 0 Å². The van der Waals surface area contributed by atoms with Crippen molar-refractivity contribution in [3.63, 3.8) is 0 Å². The molecule has 0 amide bonds. The summed E-state index contributed by atoms with van der Waals surface area (Å²) in [6.45, 7) is 2.93. The van der Waals surface area contributed by atoms with Crippen molar-refractivity contribution in [2.45, 2.75) is 25.6 Å². The van der Waals surface area contributed by atoms with Gasteiger partial charge in [0.1, 0.15) is 5.82 Å². The van der Waals surface area contributed by atoms with Crippen LogP contribution >= 0.6 is 11.8 Å². The van der Waals surface area contributed by atoms with Crippen molar-refractivity contribution >= 4 is 17.6 Å². The number of alkyl halides is 3. The average molecular weight is 276 g/mol. The van der Waals surface area contributed by atoms with Gasteiger partial charge in [-0.3, -0.25) is 0 Å². The van der Waals surface area contributed by atoms with Crippen molar-refractivity contribution in [2.75, 3.05) is 23.0 Å². The zero-order chi connectivity index (χ0) is 13.2. The summed E-state index contributed by atoms with van der Waals surface area (Å²) < 4.78 is 37.3. The lowest BCUT2D eigenvalue weighted by Crippen LogP contribution is -2.34. The fraction of sp³-hybridized carbons (Fsp3) is 0.583. The quantitative estimate of drug-likeness (QED) is 0.781. The third-order valence-corrected chi connectivity index (χ3v) is 4.05. The van der Waals surface area contributed by atoms with Gasteiger partial charge in [-0.15, -0.1) is 0 Å². The van der Waals surface area contributed by atoms with E-state index in [-0.39, 0.29) is 0 Å². The highest BCUT2D eigenvalue weighted by Crippen LogP contribution is 2.30.